The number of nitrogens with zero attached hydrogens (tertiary/aromatic N) is 4. The molecule has 0 bridgehead atoms. The molecule has 222 valence electrons. The smallest absolute Gasteiger partial charge is 0.571 e. The molecule has 0 radical (unpaired) electrons. The van der Waals surface area contributed by atoms with E-state index in [1.165, 1.54) is 36.4 Å². The number of carboxylic acids is 1. The van der Waals surface area contributed by atoms with Crippen LogP contribution in [-0.2, 0) is 45.9 Å². The number of hydrogen-bond donors (Lipinski definition) is 5. The van der Waals surface area contributed by atoms with Gasteiger partial charge in [-0.3, -0.25) is 4.55 Å². The molecular formula is C21H17CuN4O12S3. The number of aromatic hydroxyl groups is 1. The summed E-state index contributed by atoms with van der Waals surface area (Å²) in [4.78, 5) is 11.3. The predicted molar refractivity (Wildman–Crippen MR) is 138 cm³/mol. The van der Waals surface area contributed by atoms with Gasteiger partial charge in [0.05, 0.1) is 29.0 Å². The quantitative estimate of drug-likeness (QED) is 0.0228. The Kier molecular flexibility index (Phi) is 13.1. The van der Waals surface area contributed by atoms with Gasteiger partial charge in [-0.15, -0.1) is 18.9 Å². The maximum Gasteiger partial charge on any atom is 1.00 e. The van der Waals surface area contributed by atoms with Crippen LogP contribution in [0.5, 0.6) is 5.75 Å². The Morgan fingerprint density at radius 2 is 1.68 bits per heavy atom. The number of azo groups is 1. The SMILES string of the molecule is Cc1ccc([N-]/N=C(\N=Nc2cc(SOOO)cc(SOOO)c2C(=O)O)c2ccccc2S(=O)(=O)O)c(O)c1.[Cu+]. The van der Waals surface area contributed by atoms with E-state index in [0.29, 0.717) is 12.0 Å². The monoisotopic (exact) mass is 676 g/mol. The van der Waals surface area contributed by atoms with E-state index >= 15 is 0 Å². The zero-order valence-electron chi connectivity index (χ0n) is 20.1. The van der Waals surface area contributed by atoms with Crippen molar-refractivity contribution in [3.63, 3.8) is 0 Å². The van der Waals surface area contributed by atoms with Gasteiger partial charge in [0.15, 0.2) is 5.84 Å². The number of phenols is 1. The van der Waals surface area contributed by atoms with Crippen molar-refractivity contribution >= 4 is 57.4 Å². The van der Waals surface area contributed by atoms with E-state index in [2.05, 4.69) is 39.5 Å². The number of amidine groups is 1. The molecule has 3 aromatic carbocycles. The summed E-state index contributed by atoms with van der Waals surface area (Å²) in [5.74, 6) is -2.29. The van der Waals surface area contributed by atoms with Crippen molar-refractivity contribution in [3.05, 3.63) is 76.7 Å². The number of carbonyl (C=O) groups is 1. The zero-order chi connectivity index (χ0) is 29.3. The van der Waals surface area contributed by atoms with E-state index in [0.717, 1.165) is 17.7 Å². The second kappa shape index (κ2) is 15.8. The number of carboxylic acid groups (broad SMARTS) is 1. The molecule has 0 aromatic heterocycles. The van der Waals surface area contributed by atoms with Gasteiger partial charge in [0.25, 0.3) is 10.1 Å². The second-order valence-electron chi connectivity index (χ2n) is 7.26. The average molecular weight is 677 g/mol. The molecule has 20 heteroatoms. The first-order valence-corrected chi connectivity index (χ1v) is 13.2. The molecule has 5 N–H and O–H groups in total. The van der Waals surface area contributed by atoms with Crippen molar-refractivity contribution in [2.45, 2.75) is 21.6 Å². The summed E-state index contributed by atoms with van der Waals surface area (Å²) in [5.41, 5.74) is 3.42. The van der Waals surface area contributed by atoms with Gasteiger partial charge in [0.1, 0.15) is 21.9 Å². The van der Waals surface area contributed by atoms with E-state index in [1.807, 2.05) is 0 Å². The molecule has 0 unspecified atom stereocenters. The summed E-state index contributed by atoms with van der Waals surface area (Å²) in [5, 5.41) is 55.6. The van der Waals surface area contributed by atoms with Gasteiger partial charge in [0.2, 0.25) is 0 Å². The van der Waals surface area contributed by atoms with Crippen LogP contribution in [0.4, 0.5) is 11.4 Å². The minimum Gasteiger partial charge on any atom is -0.571 e. The van der Waals surface area contributed by atoms with Crippen LogP contribution >= 0.6 is 24.1 Å². The number of benzene rings is 3. The van der Waals surface area contributed by atoms with Gasteiger partial charge >= 0.3 is 23.0 Å². The van der Waals surface area contributed by atoms with Crippen LogP contribution in [-0.4, -0.2) is 45.5 Å². The number of aryl methyl sites for hydroxylation is 1. The summed E-state index contributed by atoms with van der Waals surface area (Å²) >= 11 is 0.689. The first-order valence-electron chi connectivity index (χ1n) is 10.3. The Labute approximate surface area is 250 Å². The molecular weight excluding hydrogens is 660 g/mol. The van der Waals surface area contributed by atoms with E-state index in [9.17, 15) is 28.0 Å². The van der Waals surface area contributed by atoms with Crippen LogP contribution in [0, 0.1) is 6.92 Å². The van der Waals surface area contributed by atoms with Gasteiger partial charge in [-0.05, 0) is 42.8 Å². The van der Waals surface area contributed by atoms with Crippen LogP contribution in [0.25, 0.3) is 5.43 Å². The van der Waals surface area contributed by atoms with Gasteiger partial charge < -0.3 is 20.7 Å². The van der Waals surface area contributed by atoms with Gasteiger partial charge in [-0.25, -0.2) is 15.3 Å². The maximum absolute atomic E-state index is 12.0. The summed E-state index contributed by atoms with van der Waals surface area (Å²) < 4.78 is 42.4. The molecule has 41 heavy (non-hydrogen) atoms. The molecule has 0 aliphatic heterocycles. The Bertz CT molecular complexity index is 1560. The fourth-order valence-electron chi connectivity index (χ4n) is 3.01. The van der Waals surface area contributed by atoms with Crippen LogP contribution in [0.1, 0.15) is 21.5 Å². The van der Waals surface area contributed by atoms with Crippen molar-refractivity contribution in [3.8, 4) is 5.75 Å². The third-order valence-electron chi connectivity index (χ3n) is 4.63. The summed E-state index contributed by atoms with van der Waals surface area (Å²) in [6.45, 7) is 1.73. The normalized spacial score (nSPS) is 11.9. The number of rotatable bonds is 12. The fourth-order valence-corrected chi connectivity index (χ4v) is 4.77. The average Bonchev–Trinajstić information content (AvgIpc) is 2.90. The largest absolute Gasteiger partial charge is 1.00 e. The zero-order valence-corrected chi connectivity index (χ0v) is 23.5. The topological polar surface area (TPSA) is 240 Å². The molecule has 0 saturated heterocycles. The van der Waals surface area contributed by atoms with Gasteiger partial charge in [-0.2, -0.15) is 8.42 Å². The number of hydrogen-bond acceptors (Lipinski definition) is 14. The van der Waals surface area contributed by atoms with Crippen LogP contribution in [0.2, 0.25) is 0 Å². The van der Waals surface area contributed by atoms with Crippen molar-refractivity contribution in [1.82, 2.24) is 0 Å². The summed E-state index contributed by atoms with van der Waals surface area (Å²) in [7, 11) is -4.80. The number of phenolic OH excluding ortho intramolecular Hbond substituents is 1. The molecule has 0 amide bonds. The van der Waals surface area contributed by atoms with Crippen molar-refractivity contribution in [1.29, 1.82) is 0 Å². The minimum atomic E-state index is -4.80. The Morgan fingerprint density at radius 3 is 2.32 bits per heavy atom. The van der Waals surface area contributed by atoms with Crippen molar-refractivity contribution < 1.29 is 74.3 Å². The van der Waals surface area contributed by atoms with Crippen LogP contribution in [0.15, 0.2) is 84.6 Å². The Hall–Kier alpha value is -3.11. The summed E-state index contributed by atoms with van der Waals surface area (Å²) in [6.07, 6.45) is 0. The standard InChI is InChI=1S/C21H18N4O12S3.Cu/c1-11-6-7-14(16(26)8-11)22-24-20(13-4-2-3-5-18(13)40(31,32)33)25-23-15-9-12(38-36-34-29)10-17(39-37-35-30)19(15)21(27)28;/h2-10H,1H3,(H6,22,23,24,25,26,27,28,29,30,31,32,33);/q;+1/p-1. The number of aromatic carboxylic acids is 1. The van der Waals surface area contributed by atoms with Gasteiger partial charge in [-0.1, -0.05) is 40.0 Å². The Balaban J connectivity index is 0.00000588. The van der Waals surface area contributed by atoms with E-state index < -0.39 is 32.4 Å². The third kappa shape index (κ3) is 9.46. The molecule has 0 aliphatic rings. The minimum absolute atomic E-state index is 0. The first kappa shape index (κ1) is 34.1. The van der Waals surface area contributed by atoms with Gasteiger partial charge in [0, 0.05) is 10.5 Å². The maximum atomic E-state index is 12.0. The third-order valence-corrected chi connectivity index (χ3v) is 6.72. The summed E-state index contributed by atoms with van der Waals surface area (Å²) in [6, 6.07) is 11.8. The van der Waals surface area contributed by atoms with Crippen LogP contribution < -0.4 is 0 Å². The predicted octanol–water partition coefficient (Wildman–Crippen LogP) is 5.65. The molecule has 0 aliphatic carbocycles. The molecule has 0 heterocycles. The van der Waals surface area contributed by atoms with Crippen molar-refractivity contribution in [2.24, 2.45) is 15.3 Å². The first-order chi connectivity index (χ1) is 19.0. The van der Waals surface area contributed by atoms with E-state index in [1.54, 1.807) is 13.0 Å². The van der Waals surface area contributed by atoms with E-state index in [-0.39, 0.29) is 61.6 Å². The fraction of sp³-hybridized carbons (Fsp3) is 0.0476. The molecule has 3 aromatic rings. The Morgan fingerprint density at radius 1 is 1.00 bits per heavy atom. The molecule has 0 fully saturated rings. The molecule has 16 nitrogen and oxygen atoms in total. The molecule has 0 saturated carbocycles. The van der Waals surface area contributed by atoms with Crippen molar-refractivity contribution in [2.75, 3.05) is 0 Å². The van der Waals surface area contributed by atoms with Crippen LogP contribution in [0.3, 0.4) is 0 Å². The molecule has 0 spiro atoms. The molecule has 0 atom stereocenters. The molecule has 3 rings (SSSR count). The second-order valence-corrected chi connectivity index (χ2v) is 10.2. The van der Waals surface area contributed by atoms with E-state index in [4.69, 9.17) is 10.5 Å².